The van der Waals surface area contributed by atoms with Crippen molar-refractivity contribution in [3.05, 3.63) is 28.2 Å². The molecule has 1 aliphatic heterocycles. The third-order valence-corrected chi connectivity index (χ3v) is 4.54. The van der Waals surface area contributed by atoms with Crippen molar-refractivity contribution in [3.8, 4) is 6.07 Å². The highest BCUT2D eigenvalue weighted by Crippen LogP contribution is 2.27. The minimum atomic E-state index is -0.316. The number of quaternary nitrogens is 1. The molecule has 0 aliphatic carbocycles. The second kappa shape index (κ2) is 5.58. The number of halogens is 2. The Labute approximate surface area is 124 Å². The van der Waals surface area contributed by atoms with E-state index in [-0.39, 0.29) is 5.54 Å². The van der Waals surface area contributed by atoms with Gasteiger partial charge in [0.2, 0.25) is 0 Å². The van der Waals surface area contributed by atoms with Crippen molar-refractivity contribution in [1.82, 2.24) is 0 Å². The van der Waals surface area contributed by atoms with Gasteiger partial charge < -0.3 is 9.80 Å². The van der Waals surface area contributed by atoms with Crippen LogP contribution in [-0.4, -0.2) is 31.7 Å². The molecule has 0 saturated carbocycles. The zero-order valence-electron chi connectivity index (χ0n) is 11.2. The van der Waals surface area contributed by atoms with Crippen LogP contribution in [0.25, 0.3) is 0 Å². The highest BCUT2D eigenvalue weighted by Gasteiger charge is 2.33. The second-order valence-corrected chi connectivity index (χ2v) is 6.24. The van der Waals surface area contributed by atoms with Crippen LogP contribution in [0.3, 0.4) is 0 Å². The Morgan fingerprint density at radius 3 is 2.37 bits per heavy atom. The number of nitriles is 1. The summed E-state index contributed by atoms with van der Waals surface area (Å²) in [6, 6.07) is 8.12. The molecule has 2 rings (SSSR count). The van der Waals surface area contributed by atoms with Crippen molar-refractivity contribution >= 4 is 28.9 Å². The molecule has 1 N–H and O–H groups in total. The molecule has 0 aromatic heterocycles. The number of piperazine rings is 1. The fraction of sp³-hybridized carbons (Fsp3) is 0.500. The van der Waals surface area contributed by atoms with Crippen LogP contribution in [0.2, 0.25) is 10.0 Å². The summed E-state index contributed by atoms with van der Waals surface area (Å²) in [4.78, 5) is 3.63. The van der Waals surface area contributed by atoms with E-state index in [2.05, 4.69) is 11.0 Å². The van der Waals surface area contributed by atoms with Gasteiger partial charge in [-0.15, -0.1) is 0 Å². The van der Waals surface area contributed by atoms with Crippen LogP contribution in [-0.2, 0) is 0 Å². The van der Waals surface area contributed by atoms with E-state index in [0.29, 0.717) is 10.0 Å². The fourth-order valence-corrected chi connectivity index (χ4v) is 2.71. The number of rotatable bonds is 2. The van der Waals surface area contributed by atoms with E-state index in [0.717, 1.165) is 31.9 Å². The lowest BCUT2D eigenvalue weighted by molar-refractivity contribution is -0.939. The Bertz CT molecular complexity index is 500. The molecule has 0 bridgehead atoms. The van der Waals surface area contributed by atoms with E-state index in [1.807, 2.05) is 32.0 Å². The maximum absolute atomic E-state index is 9.18. The molecule has 1 saturated heterocycles. The van der Waals surface area contributed by atoms with Gasteiger partial charge in [0.25, 0.3) is 0 Å². The van der Waals surface area contributed by atoms with Gasteiger partial charge in [-0.1, -0.05) is 23.2 Å². The van der Waals surface area contributed by atoms with Gasteiger partial charge in [0, 0.05) is 19.5 Å². The molecule has 1 aromatic rings. The molecule has 1 heterocycles. The Morgan fingerprint density at radius 1 is 1.21 bits per heavy atom. The van der Waals surface area contributed by atoms with Crippen LogP contribution >= 0.6 is 23.2 Å². The average molecular weight is 299 g/mol. The lowest BCUT2D eigenvalue weighted by Gasteiger charge is -2.38. The molecule has 0 spiro atoms. The van der Waals surface area contributed by atoms with Crippen molar-refractivity contribution in [3.63, 3.8) is 0 Å². The van der Waals surface area contributed by atoms with E-state index < -0.39 is 0 Å². The molecule has 0 unspecified atom stereocenters. The first-order valence-corrected chi connectivity index (χ1v) is 7.16. The monoisotopic (exact) mass is 298 g/mol. The first-order chi connectivity index (χ1) is 8.94. The van der Waals surface area contributed by atoms with Gasteiger partial charge in [-0.3, -0.25) is 0 Å². The lowest BCUT2D eigenvalue weighted by Crippen LogP contribution is -3.21. The van der Waals surface area contributed by atoms with Crippen LogP contribution in [0, 0.1) is 11.3 Å². The van der Waals surface area contributed by atoms with Crippen molar-refractivity contribution in [1.29, 1.82) is 5.26 Å². The third-order valence-electron chi connectivity index (χ3n) is 3.80. The third kappa shape index (κ3) is 3.14. The molecule has 0 amide bonds. The van der Waals surface area contributed by atoms with Crippen LogP contribution in [0.1, 0.15) is 13.8 Å². The summed E-state index contributed by atoms with van der Waals surface area (Å²) in [7, 11) is 0. The van der Waals surface area contributed by atoms with Gasteiger partial charge in [-0.2, -0.15) is 5.26 Å². The summed E-state index contributed by atoms with van der Waals surface area (Å²) in [5.41, 5.74) is 0.784. The predicted molar refractivity (Wildman–Crippen MR) is 79.1 cm³/mol. The summed E-state index contributed by atoms with van der Waals surface area (Å²) in [6.45, 7) is 7.77. The molecule has 1 fully saturated rings. The molecule has 0 atom stereocenters. The number of nitrogens with zero attached hydrogens (tertiary/aromatic N) is 2. The summed E-state index contributed by atoms with van der Waals surface area (Å²) in [5.74, 6) is 0. The SMILES string of the molecule is CC(C)(C#N)[NH+]1CCN(c2ccc(Cl)c(Cl)c2)CC1. The molecule has 102 valence electrons. The Kier molecular flexibility index (Phi) is 4.25. The molecular formula is C14H18Cl2N3+. The number of hydrogen-bond acceptors (Lipinski definition) is 2. The van der Waals surface area contributed by atoms with Gasteiger partial charge in [-0.25, -0.2) is 0 Å². The van der Waals surface area contributed by atoms with Gasteiger partial charge in [0.15, 0.2) is 5.54 Å². The highest BCUT2D eigenvalue weighted by molar-refractivity contribution is 6.42. The molecule has 1 aromatic carbocycles. The van der Waals surface area contributed by atoms with Crippen LogP contribution < -0.4 is 9.80 Å². The Balaban J connectivity index is 2.04. The topological polar surface area (TPSA) is 31.5 Å². The summed E-state index contributed by atoms with van der Waals surface area (Å²) < 4.78 is 0. The first-order valence-electron chi connectivity index (χ1n) is 6.40. The van der Waals surface area contributed by atoms with Crippen LogP contribution in [0.5, 0.6) is 0 Å². The molecule has 19 heavy (non-hydrogen) atoms. The van der Waals surface area contributed by atoms with E-state index >= 15 is 0 Å². The minimum absolute atomic E-state index is 0.316. The number of anilines is 1. The number of benzene rings is 1. The molecular weight excluding hydrogens is 281 g/mol. The van der Waals surface area contributed by atoms with Crippen molar-refractivity contribution in [2.75, 3.05) is 31.1 Å². The molecule has 5 heteroatoms. The normalized spacial score (nSPS) is 17.3. The average Bonchev–Trinajstić information content (AvgIpc) is 2.42. The van der Waals surface area contributed by atoms with Crippen molar-refractivity contribution in [2.24, 2.45) is 0 Å². The van der Waals surface area contributed by atoms with Crippen LogP contribution in [0.15, 0.2) is 18.2 Å². The van der Waals surface area contributed by atoms with Crippen LogP contribution in [0.4, 0.5) is 5.69 Å². The summed E-state index contributed by atoms with van der Waals surface area (Å²) in [6.07, 6.45) is 0. The largest absolute Gasteiger partial charge is 0.360 e. The molecule has 1 aliphatic rings. The van der Waals surface area contributed by atoms with E-state index in [4.69, 9.17) is 23.2 Å². The van der Waals surface area contributed by atoms with Gasteiger partial charge in [0.1, 0.15) is 6.07 Å². The maximum Gasteiger partial charge on any atom is 0.179 e. The lowest BCUT2D eigenvalue weighted by atomic mass is 10.0. The number of nitrogens with one attached hydrogen (secondary N) is 1. The zero-order valence-corrected chi connectivity index (χ0v) is 12.7. The Morgan fingerprint density at radius 2 is 1.84 bits per heavy atom. The van der Waals surface area contributed by atoms with E-state index in [9.17, 15) is 5.26 Å². The summed E-state index contributed by atoms with van der Waals surface area (Å²) in [5, 5.41) is 10.4. The zero-order chi connectivity index (χ0) is 14.0. The highest BCUT2D eigenvalue weighted by atomic mass is 35.5. The Hall–Kier alpha value is -0.950. The smallest absolute Gasteiger partial charge is 0.179 e. The predicted octanol–water partition coefficient (Wildman–Crippen LogP) is 2.00. The second-order valence-electron chi connectivity index (χ2n) is 5.43. The van der Waals surface area contributed by atoms with Gasteiger partial charge in [0.05, 0.1) is 36.2 Å². The van der Waals surface area contributed by atoms with Gasteiger partial charge in [-0.05, 0) is 18.2 Å². The first kappa shape index (κ1) is 14.5. The fourth-order valence-electron chi connectivity index (χ4n) is 2.42. The van der Waals surface area contributed by atoms with Crippen molar-refractivity contribution < 1.29 is 4.90 Å². The summed E-state index contributed by atoms with van der Waals surface area (Å²) >= 11 is 12.0. The van der Waals surface area contributed by atoms with E-state index in [1.54, 1.807) is 0 Å². The molecule has 0 radical (unpaired) electrons. The molecule has 3 nitrogen and oxygen atoms in total. The van der Waals surface area contributed by atoms with E-state index in [1.165, 1.54) is 4.90 Å². The number of hydrogen-bond donors (Lipinski definition) is 1. The van der Waals surface area contributed by atoms with Gasteiger partial charge >= 0.3 is 0 Å². The standard InChI is InChI=1S/C14H17Cl2N3/c1-14(2,10-17)19-7-5-18(6-8-19)11-3-4-12(15)13(16)9-11/h3-4,9H,5-8H2,1-2H3/p+1. The quantitative estimate of drug-likeness (QED) is 0.905. The maximum atomic E-state index is 9.18. The van der Waals surface area contributed by atoms with Crippen molar-refractivity contribution in [2.45, 2.75) is 19.4 Å². The minimum Gasteiger partial charge on any atom is -0.360 e.